The Hall–Kier alpha value is -4.74. The van der Waals surface area contributed by atoms with Crippen LogP contribution in [0.15, 0.2) is 0 Å². The molecule has 0 amide bonds. The van der Waals surface area contributed by atoms with E-state index in [9.17, 15) is 28.8 Å². The molecule has 0 spiro atoms. The van der Waals surface area contributed by atoms with Crippen LogP contribution in [0.5, 0.6) is 0 Å². The van der Waals surface area contributed by atoms with Gasteiger partial charge in [-0.1, -0.05) is 0 Å². The molecule has 276 valence electrons. The summed E-state index contributed by atoms with van der Waals surface area (Å²) in [5, 5.41) is 0. The predicted octanol–water partition coefficient (Wildman–Crippen LogP) is 3.52. The summed E-state index contributed by atoms with van der Waals surface area (Å²) in [4.78, 5) is 80.6. The summed E-state index contributed by atoms with van der Waals surface area (Å²) in [6.45, 7) is 11.2. The Labute approximate surface area is 298 Å². The van der Waals surface area contributed by atoms with E-state index in [0.29, 0.717) is 11.1 Å². The number of carbonyl (C=O) groups excluding carboxylic acids is 6. The molecule has 51 heavy (non-hydrogen) atoms. The number of fused-ring (bicyclic) bond motifs is 2. The molecule has 0 heterocycles. The molecule has 0 aliphatic heterocycles. The normalized spacial score (nSPS) is 15.3. The number of benzene rings is 2. The SMILES string of the molecule is COC(=O)C(Cc1c(C)c(C)c2c(c1C)CC(C(=O)OC)(C(=O)OC)C2)(Cc1c(C)c(C)c2c(c1C)CC(C(=O)OC)(C(=O)OC)C2)C(=O)OC. The fourth-order valence-corrected chi connectivity index (χ4v) is 8.51. The molecule has 2 aromatic carbocycles. The second kappa shape index (κ2) is 14.1. The zero-order valence-corrected chi connectivity index (χ0v) is 31.6. The van der Waals surface area contributed by atoms with Crippen LogP contribution in [0.1, 0.15) is 66.8 Å². The largest absolute Gasteiger partial charge is 0.468 e. The first-order chi connectivity index (χ1) is 23.9. The average molecular weight is 709 g/mol. The molecule has 0 bridgehead atoms. The van der Waals surface area contributed by atoms with E-state index in [1.54, 1.807) is 0 Å². The number of rotatable bonds is 10. The van der Waals surface area contributed by atoms with Crippen molar-refractivity contribution in [2.24, 2.45) is 16.2 Å². The monoisotopic (exact) mass is 708 g/mol. The van der Waals surface area contributed by atoms with Crippen molar-refractivity contribution < 1.29 is 57.2 Å². The zero-order valence-electron chi connectivity index (χ0n) is 31.6. The van der Waals surface area contributed by atoms with Crippen LogP contribution in [-0.4, -0.2) is 78.5 Å². The fraction of sp³-hybridized carbons (Fsp3) is 0.538. The van der Waals surface area contributed by atoms with Gasteiger partial charge in [-0.05, 0) is 108 Å². The molecular weight excluding hydrogens is 660 g/mol. The first-order valence-electron chi connectivity index (χ1n) is 16.6. The van der Waals surface area contributed by atoms with Gasteiger partial charge in [-0.3, -0.25) is 28.8 Å². The van der Waals surface area contributed by atoms with Gasteiger partial charge >= 0.3 is 35.8 Å². The Balaban J connectivity index is 1.94. The van der Waals surface area contributed by atoms with Crippen molar-refractivity contribution in [2.45, 2.75) is 80.1 Å². The summed E-state index contributed by atoms with van der Waals surface area (Å²) >= 11 is 0. The molecule has 2 aromatic rings. The summed E-state index contributed by atoms with van der Waals surface area (Å²) in [5.41, 5.74) is 4.08. The molecule has 0 atom stereocenters. The summed E-state index contributed by atoms with van der Waals surface area (Å²) in [7, 11) is 7.32. The first kappa shape index (κ1) is 39.1. The molecule has 0 fully saturated rings. The summed E-state index contributed by atoms with van der Waals surface area (Å²) in [5.74, 6) is -4.43. The van der Waals surface area contributed by atoms with Gasteiger partial charge in [-0.15, -0.1) is 0 Å². The summed E-state index contributed by atoms with van der Waals surface area (Å²) in [6, 6.07) is 0. The van der Waals surface area contributed by atoms with Crippen molar-refractivity contribution in [3.8, 4) is 0 Å². The van der Waals surface area contributed by atoms with E-state index in [2.05, 4.69) is 0 Å². The van der Waals surface area contributed by atoms with Crippen molar-refractivity contribution in [3.63, 3.8) is 0 Å². The van der Waals surface area contributed by atoms with E-state index < -0.39 is 52.1 Å². The number of ether oxygens (including phenoxy) is 6. The lowest BCUT2D eigenvalue weighted by atomic mass is 9.71. The highest BCUT2D eigenvalue weighted by molar-refractivity contribution is 6.03. The van der Waals surface area contributed by atoms with Gasteiger partial charge in [0.25, 0.3) is 0 Å². The van der Waals surface area contributed by atoms with Crippen LogP contribution in [-0.2, 0) is 95.7 Å². The minimum absolute atomic E-state index is 0.0233. The van der Waals surface area contributed by atoms with E-state index in [1.807, 2.05) is 41.5 Å². The van der Waals surface area contributed by atoms with E-state index in [1.165, 1.54) is 42.7 Å². The van der Waals surface area contributed by atoms with Crippen LogP contribution >= 0.6 is 0 Å². The fourth-order valence-electron chi connectivity index (χ4n) is 8.51. The third kappa shape index (κ3) is 5.76. The van der Waals surface area contributed by atoms with Crippen LogP contribution in [0.2, 0.25) is 0 Å². The highest BCUT2D eigenvalue weighted by atomic mass is 16.6. The van der Waals surface area contributed by atoms with Crippen molar-refractivity contribution in [2.75, 3.05) is 42.7 Å². The van der Waals surface area contributed by atoms with Gasteiger partial charge in [-0.2, -0.15) is 0 Å². The average Bonchev–Trinajstić information content (AvgIpc) is 3.76. The van der Waals surface area contributed by atoms with Crippen LogP contribution in [0.4, 0.5) is 0 Å². The molecule has 12 heteroatoms. The third-order valence-electron chi connectivity index (χ3n) is 11.8. The molecule has 0 radical (unpaired) electrons. The minimum Gasteiger partial charge on any atom is -0.468 e. The first-order valence-corrected chi connectivity index (χ1v) is 16.6. The predicted molar refractivity (Wildman–Crippen MR) is 183 cm³/mol. The van der Waals surface area contributed by atoms with Gasteiger partial charge in [0.2, 0.25) is 0 Å². The number of hydrogen-bond donors (Lipinski definition) is 0. The lowest BCUT2D eigenvalue weighted by Crippen LogP contribution is -2.46. The standard InChI is InChI=1S/C39H48O12/c1-19-21(3)27-15-38(33(42)48-9,34(43)49-10)17-29(27)23(5)25(19)13-37(31(40)46-7,32(41)47-8)14-26-20(2)22(4)28-16-39(35(44)50-11,36(45)51-12)18-30(28)24(26)6/h13-18H2,1-12H3. The van der Waals surface area contributed by atoms with Gasteiger partial charge < -0.3 is 28.4 Å². The molecule has 12 nitrogen and oxygen atoms in total. The Kier molecular flexibility index (Phi) is 10.8. The molecule has 0 saturated heterocycles. The maximum absolute atomic E-state index is 14.1. The Morgan fingerprint density at radius 2 is 0.686 bits per heavy atom. The van der Waals surface area contributed by atoms with Gasteiger partial charge in [0.1, 0.15) is 0 Å². The molecule has 0 saturated carbocycles. The maximum Gasteiger partial charge on any atom is 0.323 e. The van der Waals surface area contributed by atoms with E-state index >= 15 is 0 Å². The van der Waals surface area contributed by atoms with Gasteiger partial charge in [0.15, 0.2) is 16.2 Å². The second-order valence-corrected chi connectivity index (χ2v) is 13.9. The van der Waals surface area contributed by atoms with Gasteiger partial charge in [0, 0.05) is 38.5 Å². The minimum atomic E-state index is -1.88. The molecule has 4 rings (SSSR count). The Morgan fingerprint density at radius 3 is 0.922 bits per heavy atom. The van der Waals surface area contributed by atoms with Crippen molar-refractivity contribution in [1.82, 2.24) is 0 Å². The zero-order chi connectivity index (χ0) is 38.4. The van der Waals surface area contributed by atoms with E-state index in [-0.39, 0.29) is 38.5 Å². The molecule has 0 aromatic heterocycles. The van der Waals surface area contributed by atoms with Crippen LogP contribution in [0.25, 0.3) is 0 Å². The van der Waals surface area contributed by atoms with Gasteiger partial charge in [0.05, 0.1) is 42.7 Å². The molecule has 0 N–H and O–H groups in total. The summed E-state index contributed by atoms with van der Waals surface area (Å²) in [6.07, 6.45) is -0.0271. The quantitative estimate of drug-likeness (QED) is 0.201. The van der Waals surface area contributed by atoms with Crippen molar-refractivity contribution in [3.05, 3.63) is 66.8 Å². The molecular formula is C39H48O12. The molecule has 2 aliphatic carbocycles. The van der Waals surface area contributed by atoms with Crippen LogP contribution in [0.3, 0.4) is 0 Å². The summed E-state index contributed by atoms with van der Waals surface area (Å²) < 4.78 is 31.0. The molecule has 0 unspecified atom stereocenters. The van der Waals surface area contributed by atoms with Crippen LogP contribution < -0.4 is 0 Å². The molecule has 2 aliphatic rings. The second-order valence-electron chi connectivity index (χ2n) is 13.9. The number of methoxy groups -OCH3 is 6. The Morgan fingerprint density at radius 1 is 0.431 bits per heavy atom. The van der Waals surface area contributed by atoms with Crippen LogP contribution in [0, 0.1) is 57.8 Å². The van der Waals surface area contributed by atoms with Crippen molar-refractivity contribution in [1.29, 1.82) is 0 Å². The third-order valence-corrected chi connectivity index (χ3v) is 11.8. The Bertz CT molecular complexity index is 1680. The highest BCUT2D eigenvalue weighted by Gasteiger charge is 2.56. The number of hydrogen-bond acceptors (Lipinski definition) is 12. The topological polar surface area (TPSA) is 158 Å². The van der Waals surface area contributed by atoms with Crippen molar-refractivity contribution >= 4 is 35.8 Å². The number of esters is 6. The van der Waals surface area contributed by atoms with E-state index in [4.69, 9.17) is 28.4 Å². The highest BCUT2D eigenvalue weighted by Crippen LogP contribution is 2.48. The van der Waals surface area contributed by atoms with E-state index in [0.717, 1.165) is 55.6 Å². The smallest absolute Gasteiger partial charge is 0.323 e. The lowest BCUT2D eigenvalue weighted by molar-refractivity contribution is -0.170. The number of carbonyl (C=O) groups is 6. The lowest BCUT2D eigenvalue weighted by Gasteiger charge is -2.32. The maximum atomic E-state index is 14.1. The van der Waals surface area contributed by atoms with Gasteiger partial charge in [-0.25, -0.2) is 0 Å².